The SMILES string of the molecule is O=C([C@@H]1CC[C@@H]2CN1C(=O)N2OS(=O)(=O)O)N(O)C[C@@H]1CCN1. The van der Waals surface area contributed by atoms with Crippen molar-refractivity contribution in [1.29, 1.82) is 0 Å². The lowest BCUT2D eigenvalue weighted by molar-refractivity contribution is -0.173. The summed E-state index contributed by atoms with van der Waals surface area (Å²) >= 11 is 0. The number of carbonyl (C=O) groups excluding carboxylic acids is 2. The number of amides is 3. The molecule has 11 nitrogen and oxygen atoms in total. The van der Waals surface area contributed by atoms with Crippen LogP contribution in [0.25, 0.3) is 0 Å². The van der Waals surface area contributed by atoms with Crippen LogP contribution in [-0.2, 0) is 19.5 Å². The monoisotopic (exact) mass is 350 g/mol. The first-order chi connectivity index (χ1) is 10.8. The summed E-state index contributed by atoms with van der Waals surface area (Å²) in [7, 11) is -4.82. The van der Waals surface area contributed by atoms with E-state index in [-0.39, 0.29) is 25.6 Å². The minimum Gasteiger partial charge on any atom is -0.312 e. The van der Waals surface area contributed by atoms with Crippen LogP contribution < -0.4 is 5.32 Å². The molecule has 3 heterocycles. The van der Waals surface area contributed by atoms with E-state index in [4.69, 9.17) is 4.55 Å². The number of hydrogen-bond acceptors (Lipinski definition) is 7. The number of nitrogens with zero attached hydrogens (tertiary/aromatic N) is 3. The third-order valence-electron chi connectivity index (χ3n) is 4.36. The van der Waals surface area contributed by atoms with E-state index >= 15 is 0 Å². The second-order valence-electron chi connectivity index (χ2n) is 5.87. The molecule has 3 rings (SSSR count). The summed E-state index contributed by atoms with van der Waals surface area (Å²) in [5.74, 6) is -0.612. The summed E-state index contributed by atoms with van der Waals surface area (Å²) < 4.78 is 34.6. The fraction of sp³-hybridized carbons (Fsp3) is 0.818. The lowest BCUT2D eigenvalue weighted by Gasteiger charge is -2.34. The first-order valence-corrected chi connectivity index (χ1v) is 8.63. The third kappa shape index (κ3) is 3.26. The van der Waals surface area contributed by atoms with Crippen molar-refractivity contribution in [1.82, 2.24) is 20.3 Å². The van der Waals surface area contributed by atoms with Gasteiger partial charge in [-0.2, -0.15) is 13.5 Å². The van der Waals surface area contributed by atoms with Gasteiger partial charge in [0, 0.05) is 12.6 Å². The molecule has 23 heavy (non-hydrogen) atoms. The Morgan fingerprint density at radius 3 is 2.65 bits per heavy atom. The summed E-state index contributed by atoms with van der Waals surface area (Å²) in [6.07, 6.45) is 1.45. The van der Waals surface area contributed by atoms with E-state index in [0.717, 1.165) is 17.9 Å². The lowest BCUT2D eigenvalue weighted by atomic mass is 10.00. The molecule has 0 spiro atoms. The lowest BCUT2D eigenvalue weighted by Crippen LogP contribution is -2.55. The summed E-state index contributed by atoms with van der Waals surface area (Å²) in [5.41, 5.74) is 0. The molecular weight excluding hydrogens is 332 g/mol. The van der Waals surface area contributed by atoms with Crippen LogP contribution in [0.4, 0.5) is 4.79 Å². The molecule has 0 radical (unpaired) electrons. The van der Waals surface area contributed by atoms with Crippen molar-refractivity contribution < 1.29 is 32.1 Å². The van der Waals surface area contributed by atoms with E-state index in [2.05, 4.69) is 9.60 Å². The number of carbonyl (C=O) groups is 2. The quantitative estimate of drug-likeness (QED) is 0.311. The van der Waals surface area contributed by atoms with Crippen molar-refractivity contribution in [3.8, 4) is 0 Å². The maximum absolute atomic E-state index is 12.3. The van der Waals surface area contributed by atoms with E-state index in [1.807, 2.05) is 0 Å². The van der Waals surface area contributed by atoms with Crippen molar-refractivity contribution in [2.75, 3.05) is 19.6 Å². The van der Waals surface area contributed by atoms with Crippen molar-refractivity contribution in [2.24, 2.45) is 0 Å². The van der Waals surface area contributed by atoms with Crippen LogP contribution in [0.15, 0.2) is 0 Å². The van der Waals surface area contributed by atoms with Crippen LogP contribution in [0.3, 0.4) is 0 Å². The highest BCUT2D eigenvalue weighted by Crippen LogP contribution is 2.31. The van der Waals surface area contributed by atoms with Gasteiger partial charge < -0.3 is 10.2 Å². The Bertz CT molecular complexity index is 607. The normalized spacial score (nSPS) is 30.3. The van der Waals surface area contributed by atoms with Gasteiger partial charge in [-0.3, -0.25) is 14.6 Å². The highest BCUT2D eigenvalue weighted by atomic mass is 32.3. The van der Waals surface area contributed by atoms with Gasteiger partial charge in [0.25, 0.3) is 5.91 Å². The number of piperidine rings is 1. The minimum absolute atomic E-state index is 0.0360. The molecule has 2 bridgehead atoms. The number of hydroxylamine groups is 4. The van der Waals surface area contributed by atoms with E-state index in [9.17, 15) is 23.2 Å². The number of urea groups is 1. The van der Waals surface area contributed by atoms with Gasteiger partial charge in [-0.15, -0.1) is 4.28 Å². The molecule has 3 aliphatic rings. The zero-order valence-corrected chi connectivity index (χ0v) is 13.0. The van der Waals surface area contributed by atoms with Gasteiger partial charge in [0.2, 0.25) is 0 Å². The van der Waals surface area contributed by atoms with Crippen LogP contribution in [0, 0.1) is 0 Å². The maximum Gasteiger partial charge on any atom is 0.418 e. The fourth-order valence-electron chi connectivity index (χ4n) is 3.06. The average molecular weight is 350 g/mol. The fourth-order valence-corrected chi connectivity index (χ4v) is 3.45. The second kappa shape index (κ2) is 5.87. The van der Waals surface area contributed by atoms with Crippen LogP contribution in [0.5, 0.6) is 0 Å². The maximum atomic E-state index is 12.3. The minimum atomic E-state index is -4.82. The molecule has 0 aliphatic carbocycles. The van der Waals surface area contributed by atoms with Crippen molar-refractivity contribution in [2.45, 2.75) is 37.4 Å². The topological polar surface area (TPSA) is 140 Å². The van der Waals surface area contributed by atoms with Crippen molar-refractivity contribution in [3.05, 3.63) is 0 Å². The molecule has 3 atom stereocenters. The third-order valence-corrected chi connectivity index (χ3v) is 4.70. The molecule has 0 saturated carbocycles. The van der Waals surface area contributed by atoms with Crippen LogP contribution >= 0.6 is 0 Å². The Morgan fingerprint density at radius 2 is 2.09 bits per heavy atom. The first-order valence-electron chi connectivity index (χ1n) is 7.27. The summed E-state index contributed by atoms with van der Waals surface area (Å²) in [6.45, 7) is 1.07. The standard InChI is InChI=1S/C11H18N4O7S/c16-10(14(18)5-7-3-4-12-7)9-2-1-8-6-13(9)11(17)15(8)22-23(19,20)21/h7-9,12,18H,1-6H2,(H,19,20,21)/t7-,8+,9-/m0/s1. The van der Waals surface area contributed by atoms with Gasteiger partial charge in [-0.1, -0.05) is 0 Å². The highest BCUT2D eigenvalue weighted by Gasteiger charge is 2.50. The molecule has 12 heteroatoms. The smallest absolute Gasteiger partial charge is 0.312 e. The molecule has 3 N–H and O–H groups in total. The van der Waals surface area contributed by atoms with Gasteiger partial charge in [-0.25, -0.2) is 9.86 Å². The number of nitrogens with one attached hydrogen (secondary N) is 1. The van der Waals surface area contributed by atoms with Crippen LogP contribution in [-0.4, -0.2) is 82.9 Å². The molecule has 3 saturated heterocycles. The predicted octanol–water partition coefficient (Wildman–Crippen LogP) is -1.43. The van der Waals surface area contributed by atoms with E-state index in [1.54, 1.807) is 0 Å². The summed E-state index contributed by atoms with van der Waals surface area (Å²) in [4.78, 5) is 25.7. The van der Waals surface area contributed by atoms with Crippen molar-refractivity contribution in [3.63, 3.8) is 0 Å². The molecule has 0 aromatic heterocycles. The van der Waals surface area contributed by atoms with E-state index in [0.29, 0.717) is 16.5 Å². The Hall–Kier alpha value is -1.47. The van der Waals surface area contributed by atoms with E-state index < -0.39 is 34.4 Å². The molecule has 3 amide bonds. The molecule has 130 valence electrons. The van der Waals surface area contributed by atoms with Crippen molar-refractivity contribution >= 4 is 22.3 Å². The first kappa shape index (κ1) is 16.4. The second-order valence-corrected chi connectivity index (χ2v) is 6.87. The van der Waals surface area contributed by atoms with Gasteiger partial charge in [-0.05, 0) is 25.8 Å². The number of hydrogen-bond donors (Lipinski definition) is 3. The van der Waals surface area contributed by atoms with Gasteiger partial charge in [0.15, 0.2) is 0 Å². The molecule has 3 fully saturated rings. The molecule has 0 unspecified atom stereocenters. The zero-order chi connectivity index (χ0) is 16.8. The summed E-state index contributed by atoms with van der Waals surface area (Å²) in [6, 6.07) is -2.22. The Morgan fingerprint density at radius 1 is 1.39 bits per heavy atom. The summed E-state index contributed by atoms with van der Waals surface area (Å²) in [5, 5.41) is 14.1. The molecular formula is C11H18N4O7S. The Labute approximate surface area is 132 Å². The van der Waals surface area contributed by atoms with Crippen LogP contribution in [0.1, 0.15) is 19.3 Å². The molecule has 0 aromatic rings. The zero-order valence-electron chi connectivity index (χ0n) is 12.2. The molecule has 0 aromatic carbocycles. The number of rotatable bonds is 5. The van der Waals surface area contributed by atoms with Gasteiger partial charge in [0.05, 0.1) is 12.6 Å². The predicted molar refractivity (Wildman–Crippen MR) is 73.3 cm³/mol. The molecule has 3 aliphatic heterocycles. The van der Waals surface area contributed by atoms with Gasteiger partial charge >= 0.3 is 16.4 Å². The Balaban J connectivity index is 1.66. The number of fused-ring (bicyclic) bond motifs is 2. The van der Waals surface area contributed by atoms with Crippen LogP contribution in [0.2, 0.25) is 0 Å². The van der Waals surface area contributed by atoms with Gasteiger partial charge in [0.1, 0.15) is 6.04 Å². The Kier molecular flexibility index (Phi) is 4.18. The highest BCUT2D eigenvalue weighted by molar-refractivity contribution is 7.80. The average Bonchev–Trinajstić information content (AvgIpc) is 2.66. The largest absolute Gasteiger partial charge is 0.418 e. The van der Waals surface area contributed by atoms with E-state index in [1.165, 1.54) is 0 Å².